The number of nitrogens with one attached hydrogen (secondary N) is 2. The number of aromatic nitrogens is 2. The molecule has 5 heteroatoms. The van der Waals surface area contributed by atoms with Gasteiger partial charge in [-0.15, -0.1) is 0 Å². The van der Waals surface area contributed by atoms with Crippen LogP contribution >= 0.6 is 0 Å². The lowest BCUT2D eigenvalue weighted by Gasteiger charge is -2.25. The van der Waals surface area contributed by atoms with E-state index in [1.807, 2.05) is 0 Å². The summed E-state index contributed by atoms with van der Waals surface area (Å²) in [7, 11) is 0. The highest BCUT2D eigenvalue weighted by Gasteiger charge is 2.23. The Morgan fingerprint density at radius 3 is 2.94 bits per heavy atom. The Hall–Kier alpha value is -1.52. The Labute approximate surface area is 94.8 Å². The van der Waals surface area contributed by atoms with Crippen LogP contribution in [0.25, 0.3) is 0 Å². The van der Waals surface area contributed by atoms with E-state index in [1.54, 1.807) is 0 Å². The van der Waals surface area contributed by atoms with Crippen LogP contribution in [0, 0.1) is 0 Å². The Bertz CT molecular complexity index is 381. The van der Waals surface area contributed by atoms with Gasteiger partial charge < -0.3 is 11.1 Å². The highest BCUT2D eigenvalue weighted by Crippen LogP contribution is 2.20. The highest BCUT2D eigenvalue weighted by atomic mass is 16.2. The summed E-state index contributed by atoms with van der Waals surface area (Å²) in [6, 6.07) is 0.318. The van der Waals surface area contributed by atoms with Crippen LogP contribution in [-0.4, -0.2) is 22.1 Å². The normalized spacial score (nSPS) is 15.8. The number of nitrogen functional groups attached to an aromatic ring is 1. The van der Waals surface area contributed by atoms with E-state index in [-0.39, 0.29) is 5.91 Å². The van der Waals surface area contributed by atoms with E-state index in [1.165, 1.54) is 6.42 Å². The predicted molar refractivity (Wildman–Crippen MR) is 62.1 cm³/mol. The number of hydrogen-bond donors (Lipinski definition) is 3. The van der Waals surface area contributed by atoms with E-state index in [4.69, 9.17) is 5.73 Å². The fourth-order valence-electron chi connectivity index (χ4n) is 1.81. The predicted octanol–water partition coefficient (Wildman–Crippen LogP) is 1.23. The summed E-state index contributed by atoms with van der Waals surface area (Å²) >= 11 is 0. The molecule has 1 aromatic heterocycles. The van der Waals surface area contributed by atoms with Crippen LogP contribution in [0.15, 0.2) is 0 Å². The van der Waals surface area contributed by atoms with E-state index < -0.39 is 0 Å². The number of carbonyl (C=O) groups is 1. The van der Waals surface area contributed by atoms with Crippen LogP contribution in [0.3, 0.4) is 0 Å². The molecular formula is C11H18N4O. The Balaban J connectivity index is 2.04. The van der Waals surface area contributed by atoms with Gasteiger partial charge in [-0.3, -0.25) is 9.89 Å². The van der Waals surface area contributed by atoms with E-state index in [9.17, 15) is 4.79 Å². The van der Waals surface area contributed by atoms with Gasteiger partial charge in [0, 0.05) is 6.04 Å². The van der Waals surface area contributed by atoms with Gasteiger partial charge in [0.25, 0.3) is 5.91 Å². The summed E-state index contributed by atoms with van der Waals surface area (Å²) in [5, 5.41) is 9.74. The van der Waals surface area contributed by atoms with E-state index in [0.29, 0.717) is 17.4 Å². The first-order valence-electron chi connectivity index (χ1n) is 5.86. The second kappa shape index (κ2) is 4.55. The van der Waals surface area contributed by atoms with Crippen LogP contribution in [0.2, 0.25) is 0 Å². The molecule has 5 nitrogen and oxygen atoms in total. The van der Waals surface area contributed by atoms with Gasteiger partial charge in [0.05, 0.1) is 11.4 Å². The van der Waals surface area contributed by atoms with Crippen LogP contribution in [0.5, 0.6) is 0 Å². The molecule has 0 aromatic carbocycles. The van der Waals surface area contributed by atoms with Crippen molar-refractivity contribution in [3.05, 3.63) is 11.4 Å². The molecule has 0 unspecified atom stereocenters. The van der Waals surface area contributed by atoms with Gasteiger partial charge in [0.2, 0.25) is 0 Å². The minimum atomic E-state index is -0.152. The van der Waals surface area contributed by atoms with Gasteiger partial charge in [0.1, 0.15) is 0 Å². The molecule has 1 aliphatic carbocycles. The SMILES string of the molecule is CCCc1[nH]nc(C(=O)NC2CCC2)c1N. The number of carbonyl (C=O) groups excluding carboxylic acids is 1. The zero-order valence-corrected chi connectivity index (χ0v) is 9.55. The molecule has 4 N–H and O–H groups in total. The lowest BCUT2D eigenvalue weighted by molar-refractivity contribution is 0.0913. The van der Waals surface area contributed by atoms with E-state index >= 15 is 0 Å². The first kappa shape index (κ1) is 11.0. The van der Waals surface area contributed by atoms with Crippen molar-refractivity contribution in [1.29, 1.82) is 0 Å². The summed E-state index contributed by atoms with van der Waals surface area (Å²) in [5.41, 5.74) is 7.57. The molecule has 1 amide bonds. The molecule has 1 saturated carbocycles. The summed E-state index contributed by atoms with van der Waals surface area (Å²) < 4.78 is 0. The quantitative estimate of drug-likeness (QED) is 0.716. The lowest BCUT2D eigenvalue weighted by Crippen LogP contribution is -2.39. The molecule has 0 spiro atoms. The molecule has 0 bridgehead atoms. The molecule has 2 rings (SSSR count). The fraction of sp³-hybridized carbons (Fsp3) is 0.636. The molecular weight excluding hydrogens is 204 g/mol. The molecule has 0 radical (unpaired) electrons. The van der Waals surface area contributed by atoms with Gasteiger partial charge in [-0.1, -0.05) is 13.3 Å². The third kappa shape index (κ3) is 2.03. The minimum absolute atomic E-state index is 0.152. The van der Waals surface area contributed by atoms with Gasteiger partial charge in [-0.2, -0.15) is 5.10 Å². The topological polar surface area (TPSA) is 83.8 Å². The largest absolute Gasteiger partial charge is 0.395 e. The Morgan fingerprint density at radius 1 is 1.62 bits per heavy atom. The minimum Gasteiger partial charge on any atom is -0.395 e. The average molecular weight is 222 g/mol. The summed E-state index contributed by atoms with van der Waals surface area (Å²) in [4.78, 5) is 11.8. The lowest BCUT2D eigenvalue weighted by atomic mass is 9.93. The smallest absolute Gasteiger partial charge is 0.274 e. The zero-order chi connectivity index (χ0) is 11.5. The third-order valence-electron chi connectivity index (χ3n) is 3.04. The first-order chi connectivity index (χ1) is 7.72. The van der Waals surface area contributed by atoms with Gasteiger partial charge in [-0.25, -0.2) is 0 Å². The standard InChI is InChI=1S/C11H18N4O/c1-2-4-8-9(12)10(15-14-8)11(16)13-7-5-3-6-7/h7H,2-6,12H2,1H3,(H,13,16)(H,14,15). The van der Waals surface area contributed by atoms with Crippen LogP contribution in [-0.2, 0) is 6.42 Å². The number of anilines is 1. The van der Waals surface area contributed by atoms with Crippen molar-refractivity contribution in [3.63, 3.8) is 0 Å². The number of amides is 1. The first-order valence-corrected chi connectivity index (χ1v) is 5.86. The van der Waals surface area contributed by atoms with Crippen molar-refractivity contribution < 1.29 is 4.79 Å². The van der Waals surface area contributed by atoms with Gasteiger partial charge in [0.15, 0.2) is 5.69 Å². The molecule has 0 aliphatic heterocycles. The van der Waals surface area contributed by atoms with Crippen LogP contribution in [0.4, 0.5) is 5.69 Å². The van der Waals surface area contributed by atoms with Crippen molar-refractivity contribution in [2.45, 2.75) is 45.1 Å². The maximum atomic E-state index is 11.8. The van der Waals surface area contributed by atoms with Gasteiger partial charge >= 0.3 is 0 Å². The molecule has 1 aromatic rings. The van der Waals surface area contributed by atoms with Crippen molar-refractivity contribution in [2.75, 3.05) is 5.73 Å². The molecule has 1 fully saturated rings. The summed E-state index contributed by atoms with van der Waals surface area (Å²) in [6.45, 7) is 2.06. The molecule has 1 heterocycles. The maximum absolute atomic E-state index is 11.8. The fourth-order valence-corrected chi connectivity index (χ4v) is 1.81. The maximum Gasteiger partial charge on any atom is 0.274 e. The number of nitrogens with two attached hydrogens (primary N) is 1. The highest BCUT2D eigenvalue weighted by molar-refractivity contribution is 5.97. The summed E-state index contributed by atoms with van der Waals surface area (Å²) in [6.07, 6.45) is 5.14. The number of nitrogens with zero attached hydrogens (tertiary/aromatic N) is 1. The van der Waals surface area contributed by atoms with Crippen LogP contribution < -0.4 is 11.1 Å². The monoisotopic (exact) mass is 222 g/mol. The van der Waals surface area contributed by atoms with Crippen molar-refractivity contribution in [3.8, 4) is 0 Å². The number of aryl methyl sites for hydroxylation is 1. The summed E-state index contributed by atoms with van der Waals surface area (Å²) in [5.74, 6) is -0.152. The Morgan fingerprint density at radius 2 is 2.38 bits per heavy atom. The second-order valence-corrected chi connectivity index (χ2v) is 4.32. The molecule has 1 aliphatic rings. The van der Waals surface area contributed by atoms with Crippen molar-refractivity contribution in [1.82, 2.24) is 15.5 Å². The van der Waals surface area contributed by atoms with E-state index in [2.05, 4.69) is 22.4 Å². The van der Waals surface area contributed by atoms with Crippen molar-refractivity contribution in [2.24, 2.45) is 0 Å². The van der Waals surface area contributed by atoms with Crippen molar-refractivity contribution >= 4 is 11.6 Å². The number of rotatable bonds is 4. The molecule has 0 atom stereocenters. The van der Waals surface area contributed by atoms with E-state index in [0.717, 1.165) is 31.4 Å². The second-order valence-electron chi connectivity index (χ2n) is 4.32. The molecule has 0 saturated heterocycles. The molecule has 88 valence electrons. The number of hydrogen-bond acceptors (Lipinski definition) is 3. The number of H-pyrrole nitrogens is 1. The molecule has 16 heavy (non-hydrogen) atoms. The zero-order valence-electron chi connectivity index (χ0n) is 9.55. The average Bonchev–Trinajstić information content (AvgIpc) is 2.55. The Kier molecular flexibility index (Phi) is 3.12. The number of aromatic amines is 1. The van der Waals surface area contributed by atoms with Gasteiger partial charge in [-0.05, 0) is 25.7 Å². The third-order valence-corrected chi connectivity index (χ3v) is 3.04. The van der Waals surface area contributed by atoms with Crippen LogP contribution in [0.1, 0.15) is 48.8 Å².